The van der Waals surface area contributed by atoms with Gasteiger partial charge in [-0.05, 0) is 17.7 Å². The van der Waals surface area contributed by atoms with Gasteiger partial charge in [-0.15, -0.1) is 0 Å². The van der Waals surface area contributed by atoms with Crippen molar-refractivity contribution in [3.63, 3.8) is 0 Å². The van der Waals surface area contributed by atoms with Crippen molar-refractivity contribution >= 4 is 17.8 Å². The first-order valence-electron chi connectivity index (χ1n) is 9.76. The maximum atomic E-state index is 12.6. The number of nitrogens with one attached hydrogen (secondary N) is 1. The second-order valence-corrected chi connectivity index (χ2v) is 7.19. The van der Waals surface area contributed by atoms with Gasteiger partial charge >= 0.3 is 0 Å². The van der Waals surface area contributed by atoms with Crippen LogP contribution in [0, 0.1) is 17.8 Å². The first-order valence-corrected chi connectivity index (χ1v) is 9.76. The topological polar surface area (TPSA) is 103 Å². The first kappa shape index (κ1) is 19.8. The molecule has 0 aromatic heterocycles. The number of benzene rings is 1. The molecule has 2 heterocycles. The number of hydrogen-bond donors (Lipinski definition) is 3. The Balaban J connectivity index is 1.53. The monoisotopic (exact) mass is 401 g/mol. The molecule has 0 saturated heterocycles. The van der Waals surface area contributed by atoms with Crippen LogP contribution in [0.5, 0.6) is 0 Å². The molecule has 0 spiro atoms. The van der Waals surface area contributed by atoms with E-state index in [4.69, 9.17) is 5.73 Å². The van der Waals surface area contributed by atoms with Gasteiger partial charge in [0.25, 0.3) is 5.91 Å². The van der Waals surface area contributed by atoms with E-state index in [0.29, 0.717) is 17.6 Å². The Labute approximate surface area is 175 Å². The molecule has 2 aliphatic heterocycles. The van der Waals surface area contributed by atoms with Crippen molar-refractivity contribution in [1.29, 1.82) is 0 Å². The normalized spacial score (nSPS) is 25.6. The summed E-state index contributed by atoms with van der Waals surface area (Å²) in [5, 5.41) is 18.9. The number of hydrazone groups is 1. The summed E-state index contributed by atoms with van der Waals surface area (Å²) in [5.41, 5.74) is 9.97. The van der Waals surface area contributed by atoms with E-state index < -0.39 is 6.17 Å². The van der Waals surface area contributed by atoms with Gasteiger partial charge in [0.1, 0.15) is 12.2 Å². The number of aliphatic hydroxyl groups excluding tert-OH is 1. The molecule has 3 atom stereocenters. The number of nitrogens with zero attached hydrogens (tertiary/aromatic N) is 3. The van der Waals surface area contributed by atoms with Crippen molar-refractivity contribution in [1.82, 2.24) is 10.3 Å². The van der Waals surface area contributed by atoms with Gasteiger partial charge in [-0.3, -0.25) is 14.8 Å². The molecule has 7 nitrogen and oxygen atoms in total. The molecule has 30 heavy (non-hydrogen) atoms. The molecule has 0 saturated carbocycles. The fraction of sp³-hybridized carbons (Fsp3) is 0.261. The smallest absolute Gasteiger partial charge is 0.252 e. The number of amides is 1. The first-order chi connectivity index (χ1) is 14.6. The minimum atomic E-state index is -0.472. The number of nitrogens with two attached hydrogens (primary N) is 1. The van der Waals surface area contributed by atoms with E-state index in [1.54, 1.807) is 23.4 Å². The van der Waals surface area contributed by atoms with Crippen LogP contribution in [0.2, 0.25) is 0 Å². The highest BCUT2D eigenvalue weighted by molar-refractivity contribution is 6.07. The third-order valence-corrected chi connectivity index (χ3v) is 5.20. The summed E-state index contributed by atoms with van der Waals surface area (Å²) in [4.78, 5) is 16.9. The quantitative estimate of drug-likeness (QED) is 0.659. The predicted octanol–water partition coefficient (Wildman–Crippen LogP) is 1.19. The molecule has 0 fully saturated rings. The summed E-state index contributed by atoms with van der Waals surface area (Å²) < 4.78 is 0. The number of aliphatic imine (C=N–C) groups is 1. The number of allylic oxidation sites excluding steroid dienone is 3. The zero-order chi connectivity index (χ0) is 21.1. The molecule has 7 heteroatoms. The van der Waals surface area contributed by atoms with Gasteiger partial charge < -0.3 is 16.2 Å². The lowest BCUT2D eigenvalue weighted by atomic mass is 9.88. The molecule has 0 radical (unpaired) electrons. The van der Waals surface area contributed by atoms with Crippen LogP contribution in [0.3, 0.4) is 0 Å². The zero-order valence-electron chi connectivity index (χ0n) is 16.6. The van der Waals surface area contributed by atoms with E-state index >= 15 is 0 Å². The summed E-state index contributed by atoms with van der Waals surface area (Å²) in [6, 6.07) is 6.92. The molecule has 4 rings (SSSR count). The second-order valence-electron chi connectivity index (χ2n) is 7.19. The van der Waals surface area contributed by atoms with Gasteiger partial charge in [-0.2, -0.15) is 5.10 Å². The Kier molecular flexibility index (Phi) is 5.61. The third kappa shape index (κ3) is 3.83. The highest BCUT2D eigenvalue weighted by Crippen LogP contribution is 2.34. The van der Waals surface area contributed by atoms with Crippen molar-refractivity contribution in [3.8, 4) is 11.8 Å². The van der Waals surface area contributed by atoms with Crippen molar-refractivity contribution in [2.24, 2.45) is 21.7 Å². The molecule has 1 aromatic carbocycles. The molecule has 3 aliphatic rings. The maximum Gasteiger partial charge on any atom is 0.252 e. The van der Waals surface area contributed by atoms with E-state index in [-0.39, 0.29) is 24.5 Å². The van der Waals surface area contributed by atoms with Gasteiger partial charge in [0.2, 0.25) is 0 Å². The minimum absolute atomic E-state index is 0.122. The summed E-state index contributed by atoms with van der Waals surface area (Å²) in [5.74, 6) is 5.62. The van der Waals surface area contributed by atoms with Crippen LogP contribution in [0.25, 0.3) is 0 Å². The van der Waals surface area contributed by atoms with Crippen LogP contribution in [-0.4, -0.2) is 53.8 Å². The molecule has 3 unspecified atom stereocenters. The Morgan fingerprint density at radius 3 is 2.90 bits per heavy atom. The number of carbonyl (C=O) groups excluding carboxylic acids is 1. The molecular formula is C23H23N5O2. The fourth-order valence-corrected chi connectivity index (χ4v) is 3.73. The molecule has 1 aliphatic carbocycles. The molecule has 152 valence electrons. The van der Waals surface area contributed by atoms with Crippen molar-refractivity contribution in [3.05, 3.63) is 71.0 Å². The summed E-state index contributed by atoms with van der Waals surface area (Å²) in [7, 11) is 1.83. The van der Waals surface area contributed by atoms with Crippen LogP contribution in [-0.2, 0) is 0 Å². The fourth-order valence-electron chi connectivity index (χ4n) is 3.73. The van der Waals surface area contributed by atoms with Gasteiger partial charge in [0.05, 0.1) is 23.9 Å². The van der Waals surface area contributed by atoms with Gasteiger partial charge in [0, 0.05) is 30.8 Å². The highest BCUT2D eigenvalue weighted by Gasteiger charge is 2.39. The van der Waals surface area contributed by atoms with Crippen LogP contribution >= 0.6 is 0 Å². The average molecular weight is 401 g/mol. The Morgan fingerprint density at radius 1 is 1.33 bits per heavy atom. The van der Waals surface area contributed by atoms with Crippen LogP contribution in [0.15, 0.2) is 69.9 Å². The molecule has 0 bridgehead atoms. The summed E-state index contributed by atoms with van der Waals surface area (Å²) >= 11 is 0. The number of rotatable bonds is 4. The zero-order valence-corrected chi connectivity index (χ0v) is 16.6. The molecule has 4 N–H and O–H groups in total. The number of dihydropyridines is 1. The van der Waals surface area contributed by atoms with Gasteiger partial charge in [-0.1, -0.05) is 48.3 Å². The van der Waals surface area contributed by atoms with E-state index in [0.717, 1.165) is 17.0 Å². The predicted molar refractivity (Wildman–Crippen MR) is 117 cm³/mol. The van der Waals surface area contributed by atoms with Gasteiger partial charge in [0.15, 0.2) is 0 Å². The molecular weight excluding hydrogens is 378 g/mol. The summed E-state index contributed by atoms with van der Waals surface area (Å²) in [6.45, 7) is -0.122. The number of hydrogen-bond acceptors (Lipinski definition) is 6. The van der Waals surface area contributed by atoms with Gasteiger partial charge in [-0.25, -0.2) is 0 Å². The number of aliphatic hydroxyl groups is 1. The Morgan fingerprint density at radius 2 is 2.13 bits per heavy atom. The van der Waals surface area contributed by atoms with E-state index in [2.05, 4.69) is 27.3 Å². The lowest BCUT2D eigenvalue weighted by Crippen LogP contribution is -2.38. The van der Waals surface area contributed by atoms with Crippen molar-refractivity contribution in [2.75, 3.05) is 13.7 Å². The number of carbonyl (C=O) groups is 1. The Bertz CT molecular complexity index is 1050. The molecule has 1 amide bonds. The van der Waals surface area contributed by atoms with Crippen molar-refractivity contribution in [2.45, 2.75) is 18.6 Å². The van der Waals surface area contributed by atoms with Crippen LogP contribution < -0.4 is 11.1 Å². The second kappa shape index (κ2) is 8.49. The lowest BCUT2D eigenvalue weighted by Gasteiger charge is -2.26. The highest BCUT2D eigenvalue weighted by atomic mass is 16.3. The van der Waals surface area contributed by atoms with Crippen molar-refractivity contribution < 1.29 is 9.90 Å². The van der Waals surface area contributed by atoms with E-state index in [1.807, 2.05) is 43.5 Å². The Hall–Kier alpha value is -3.47. The largest absolute Gasteiger partial charge is 0.392 e. The number of fused-ring (bicyclic) bond motifs is 1. The maximum absolute atomic E-state index is 12.6. The summed E-state index contributed by atoms with van der Waals surface area (Å²) in [6.07, 6.45) is 9.45. The van der Waals surface area contributed by atoms with E-state index in [1.165, 1.54) is 0 Å². The van der Waals surface area contributed by atoms with Crippen LogP contribution in [0.4, 0.5) is 0 Å². The minimum Gasteiger partial charge on any atom is -0.392 e. The standard InChI is InChI=1S/C23H23N5O2/c1-28-21-17(14-29)13-25-22(24)19(21)20(27-28)15-9-11-16(12-10-15)23(30)26-18-7-5-3-2-4-6-8-18/h2-3,5,7,9-13,18-19,22,29H,4,14,24H2,1H3,(H,26,30)/b3-2-,7-5?. The van der Waals surface area contributed by atoms with E-state index in [9.17, 15) is 9.90 Å². The van der Waals surface area contributed by atoms with Crippen LogP contribution in [0.1, 0.15) is 22.3 Å². The SMILES string of the molecule is CN1N=C(c2ccc(C(=O)NC3C#CC/C=C\C=C3)cc2)C2C1=C(CO)C=NC2N. The molecule has 1 aromatic rings. The average Bonchev–Trinajstić information content (AvgIpc) is 3.09. The third-order valence-electron chi connectivity index (χ3n) is 5.20. The lowest BCUT2D eigenvalue weighted by molar-refractivity contribution is 0.0951.